The predicted molar refractivity (Wildman–Crippen MR) is 118 cm³/mol. The summed E-state index contributed by atoms with van der Waals surface area (Å²) >= 11 is 0. The number of carbonyl (C=O) groups is 1. The first-order valence-electron chi connectivity index (χ1n) is 10.6. The van der Waals surface area contributed by atoms with Crippen LogP contribution in [0.25, 0.3) is 11.4 Å². The fraction of sp³-hybridized carbons (Fsp3) is 0.154. The van der Waals surface area contributed by atoms with Crippen LogP contribution in [0.2, 0.25) is 0 Å². The van der Waals surface area contributed by atoms with Gasteiger partial charge in [0.2, 0.25) is 17.6 Å². The number of nitrogens with zero attached hydrogens (tertiary/aromatic N) is 4. The van der Waals surface area contributed by atoms with Crippen molar-refractivity contribution in [2.75, 3.05) is 6.54 Å². The Labute approximate surface area is 194 Å². The Morgan fingerprint density at radius 1 is 0.941 bits per heavy atom. The van der Waals surface area contributed by atoms with Crippen LogP contribution >= 0.6 is 0 Å². The van der Waals surface area contributed by atoms with Gasteiger partial charge in [0.15, 0.2) is 0 Å². The van der Waals surface area contributed by atoms with Crippen molar-refractivity contribution in [2.45, 2.75) is 18.4 Å². The number of hydrogen-bond donors (Lipinski definition) is 0. The molecule has 1 aliphatic heterocycles. The van der Waals surface area contributed by atoms with Gasteiger partial charge in [-0.1, -0.05) is 29.4 Å². The highest BCUT2D eigenvalue weighted by Crippen LogP contribution is 2.42. The van der Waals surface area contributed by atoms with E-state index in [4.69, 9.17) is 9.78 Å². The normalized spacial score (nSPS) is 14.9. The van der Waals surface area contributed by atoms with Crippen LogP contribution < -0.4 is 0 Å². The zero-order chi connectivity index (χ0) is 23.7. The van der Waals surface area contributed by atoms with Gasteiger partial charge in [0.25, 0.3) is 0 Å². The molecule has 0 atom stereocenters. The van der Waals surface area contributed by atoms with Crippen molar-refractivity contribution in [3.63, 3.8) is 0 Å². The summed E-state index contributed by atoms with van der Waals surface area (Å²) < 4.78 is 32.6. The molecule has 168 valence electrons. The maximum absolute atomic E-state index is 13.8. The molecule has 2 heterocycles. The molecule has 3 aromatic carbocycles. The third-order valence-electron chi connectivity index (χ3n) is 6.15. The average Bonchev–Trinajstić information content (AvgIpc) is 3.46. The largest absolute Gasteiger partial charge is 0.337 e. The molecule has 0 bridgehead atoms. The highest BCUT2D eigenvalue weighted by Gasteiger charge is 2.49. The molecular formula is C26H18F2N4O2. The lowest BCUT2D eigenvalue weighted by molar-refractivity contribution is -0.132. The summed E-state index contributed by atoms with van der Waals surface area (Å²) in [5, 5.41) is 12.9. The van der Waals surface area contributed by atoms with Gasteiger partial charge < -0.3 is 9.42 Å². The van der Waals surface area contributed by atoms with Crippen molar-refractivity contribution in [3.8, 4) is 17.5 Å². The molecule has 6 nitrogen and oxygen atoms in total. The Morgan fingerprint density at radius 2 is 1.53 bits per heavy atom. The molecule has 34 heavy (non-hydrogen) atoms. The molecule has 5 rings (SSSR count). The topological polar surface area (TPSA) is 83.0 Å². The van der Waals surface area contributed by atoms with Gasteiger partial charge in [0, 0.05) is 12.1 Å². The Hall–Kier alpha value is -4.38. The van der Waals surface area contributed by atoms with Crippen LogP contribution in [0, 0.1) is 23.0 Å². The van der Waals surface area contributed by atoms with E-state index in [-0.39, 0.29) is 18.3 Å². The minimum absolute atomic E-state index is 0.103. The lowest BCUT2D eigenvalue weighted by atomic mass is 9.73. The van der Waals surface area contributed by atoms with Crippen LogP contribution in [0.1, 0.15) is 29.0 Å². The lowest BCUT2D eigenvalue weighted by Gasteiger charge is -2.29. The van der Waals surface area contributed by atoms with Gasteiger partial charge in [-0.3, -0.25) is 4.79 Å². The first-order valence-corrected chi connectivity index (χ1v) is 10.6. The Kier molecular flexibility index (Phi) is 5.38. The quantitative estimate of drug-likeness (QED) is 0.438. The van der Waals surface area contributed by atoms with E-state index in [9.17, 15) is 13.6 Å². The summed E-state index contributed by atoms with van der Waals surface area (Å²) in [5.41, 5.74) is 1.41. The third kappa shape index (κ3) is 3.71. The highest BCUT2D eigenvalue weighted by molar-refractivity contribution is 5.94. The Morgan fingerprint density at radius 3 is 2.09 bits per heavy atom. The maximum atomic E-state index is 13.8. The molecule has 1 saturated heterocycles. The Bertz CT molecular complexity index is 1330. The van der Waals surface area contributed by atoms with E-state index in [1.54, 1.807) is 53.4 Å². The summed E-state index contributed by atoms with van der Waals surface area (Å²) in [5.74, 6) is -0.386. The van der Waals surface area contributed by atoms with Crippen LogP contribution in [0.15, 0.2) is 77.3 Å². The molecule has 8 heteroatoms. The second kappa shape index (κ2) is 8.52. The number of amides is 1. The van der Waals surface area contributed by atoms with Gasteiger partial charge in [-0.15, -0.1) is 0 Å². The van der Waals surface area contributed by atoms with E-state index >= 15 is 0 Å². The van der Waals surface area contributed by atoms with Crippen LogP contribution in [0.4, 0.5) is 8.78 Å². The van der Waals surface area contributed by atoms with Crippen molar-refractivity contribution in [2.24, 2.45) is 0 Å². The van der Waals surface area contributed by atoms with Gasteiger partial charge in [0.05, 0.1) is 11.6 Å². The first-order chi connectivity index (χ1) is 16.5. The Balaban J connectivity index is 1.44. The fourth-order valence-corrected chi connectivity index (χ4v) is 4.40. The monoisotopic (exact) mass is 456 g/mol. The fourth-order valence-electron chi connectivity index (χ4n) is 4.40. The molecule has 1 aliphatic rings. The minimum atomic E-state index is -1.07. The SMILES string of the molecule is N#Cc1ccc(-c2noc(CN3CCC(c4ccc(F)cc4)(c4ccc(F)cc4)C3=O)n2)cc1. The smallest absolute Gasteiger partial charge is 0.246 e. The number of carbonyl (C=O) groups excluding carboxylic acids is 1. The number of hydrogen-bond acceptors (Lipinski definition) is 5. The number of aromatic nitrogens is 2. The molecule has 0 spiro atoms. The standard InChI is InChI=1S/C26H18F2N4O2/c27-21-9-5-19(6-10-21)26(20-7-11-22(28)12-8-20)13-14-32(25(26)33)16-23-30-24(31-34-23)18-3-1-17(15-29)2-4-18/h1-12H,13-14,16H2. The first kappa shape index (κ1) is 21.5. The molecule has 0 aliphatic carbocycles. The number of benzene rings is 3. The van der Waals surface area contributed by atoms with Crippen LogP contribution in [-0.4, -0.2) is 27.5 Å². The maximum Gasteiger partial charge on any atom is 0.246 e. The van der Waals surface area contributed by atoms with Crippen molar-refractivity contribution in [3.05, 3.63) is 107 Å². The summed E-state index contributed by atoms with van der Waals surface area (Å²) in [4.78, 5) is 19.8. The number of nitriles is 1. The second-order valence-electron chi connectivity index (χ2n) is 8.10. The zero-order valence-electron chi connectivity index (χ0n) is 17.9. The predicted octanol–water partition coefficient (Wildman–Crippen LogP) is 4.61. The van der Waals surface area contributed by atoms with E-state index in [0.717, 1.165) is 0 Å². The molecule has 1 aromatic heterocycles. The van der Waals surface area contributed by atoms with E-state index in [0.29, 0.717) is 41.0 Å². The average molecular weight is 456 g/mol. The molecule has 0 unspecified atom stereocenters. The number of halogens is 2. The summed E-state index contributed by atoms with van der Waals surface area (Å²) in [6.07, 6.45) is 0.430. The van der Waals surface area contributed by atoms with Crippen LogP contribution in [0.5, 0.6) is 0 Å². The molecule has 4 aromatic rings. The summed E-state index contributed by atoms with van der Waals surface area (Å²) in [6.45, 7) is 0.508. The van der Waals surface area contributed by atoms with E-state index in [1.165, 1.54) is 24.3 Å². The van der Waals surface area contributed by atoms with E-state index in [2.05, 4.69) is 16.2 Å². The molecule has 0 saturated carbocycles. The van der Waals surface area contributed by atoms with Crippen LogP contribution in [0.3, 0.4) is 0 Å². The molecular weight excluding hydrogens is 438 g/mol. The van der Waals surface area contributed by atoms with Gasteiger partial charge in [-0.2, -0.15) is 10.2 Å². The number of likely N-dealkylation sites (tertiary alicyclic amines) is 1. The molecule has 0 radical (unpaired) electrons. The van der Waals surface area contributed by atoms with Crippen LogP contribution in [-0.2, 0) is 16.8 Å². The lowest BCUT2D eigenvalue weighted by Crippen LogP contribution is -2.38. The van der Waals surface area contributed by atoms with Gasteiger partial charge in [0.1, 0.15) is 23.6 Å². The minimum Gasteiger partial charge on any atom is -0.337 e. The van der Waals surface area contributed by atoms with Crippen molar-refractivity contribution < 1.29 is 18.1 Å². The second-order valence-corrected chi connectivity index (χ2v) is 8.10. The number of rotatable bonds is 5. The molecule has 1 amide bonds. The van der Waals surface area contributed by atoms with E-state index in [1.807, 2.05) is 0 Å². The van der Waals surface area contributed by atoms with Gasteiger partial charge in [-0.05, 0) is 66.1 Å². The molecule has 0 N–H and O–H groups in total. The summed E-state index contributed by atoms with van der Waals surface area (Å²) in [7, 11) is 0. The van der Waals surface area contributed by atoms with Crippen molar-refractivity contribution in [1.82, 2.24) is 15.0 Å². The van der Waals surface area contributed by atoms with Crippen molar-refractivity contribution >= 4 is 5.91 Å². The van der Waals surface area contributed by atoms with E-state index < -0.39 is 17.0 Å². The third-order valence-corrected chi connectivity index (χ3v) is 6.15. The summed E-state index contributed by atoms with van der Waals surface area (Å²) in [6, 6.07) is 20.5. The van der Waals surface area contributed by atoms with Crippen molar-refractivity contribution in [1.29, 1.82) is 5.26 Å². The zero-order valence-corrected chi connectivity index (χ0v) is 17.9. The highest BCUT2D eigenvalue weighted by atomic mass is 19.1. The molecule has 1 fully saturated rings. The van der Waals surface area contributed by atoms with Gasteiger partial charge in [-0.25, -0.2) is 8.78 Å². The van der Waals surface area contributed by atoms with Gasteiger partial charge >= 0.3 is 0 Å².